The van der Waals surface area contributed by atoms with Crippen molar-refractivity contribution in [2.24, 2.45) is 9.98 Å². The van der Waals surface area contributed by atoms with E-state index in [1.54, 1.807) is 0 Å². The molecule has 0 unspecified atom stereocenters. The Bertz CT molecular complexity index is 1080. The largest absolute Gasteiger partial charge is 0.251 e. The van der Waals surface area contributed by atoms with Crippen molar-refractivity contribution in [3.8, 4) is 0 Å². The maximum atomic E-state index is 5.34. The van der Waals surface area contributed by atoms with E-state index >= 15 is 0 Å². The van der Waals surface area contributed by atoms with Gasteiger partial charge in [0.25, 0.3) is 0 Å². The summed E-state index contributed by atoms with van der Waals surface area (Å²) in [7, 11) is 0. The molecule has 0 radical (unpaired) electrons. The number of unbranched alkanes of at least 4 members (excludes halogenated alkanes) is 12. The van der Waals surface area contributed by atoms with Gasteiger partial charge in [0, 0.05) is 16.5 Å². The van der Waals surface area contributed by atoms with Crippen molar-refractivity contribution in [3.63, 3.8) is 0 Å². The molecule has 0 fully saturated rings. The minimum absolute atomic E-state index is 0. The summed E-state index contributed by atoms with van der Waals surface area (Å²) >= 11 is 0. The predicted octanol–water partition coefficient (Wildman–Crippen LogP) is 13.2. The average molecular weight is 644 g/mol. The van der Waals surface area contributed by atoms with E-state index in [2.05, 4.69) is 90.1 Å². The van der Waals surface area contributed by atoms with Gasteiger partial charge in [-0.1, -0.05) is 130 Å². The van der Waals surface area contributed by atoms with Crippen LogP contribution in [0, 0.1) is 0 Å². The van der Waals surface area contributed by atoms with Crippen LogP contribution in [0.4, 0.5) is 11.4 Å². The molecule has 0 heterocycles. The number of hydrogen-bond acceptors (Lipinski definition) is 2. The fourth-order valence-electron chi connectivity index (χ4n) is 5.65. The minimum atomic E-state index is 0. The number of rotatable bonds is 23. The van der Waals surface area contributed by atoms with E-state index in [1.165, 1.54) is 99.3 Å². The Balaban J connectivity index is 0.00000968. The van der Waals surface area contributed by atoms with Gasteiger partial charge < -0.3 is 0 Å². The summed E-state index contributed by atoms with van der Waals surface area (Å²) in [6, 6.07) is 13.8. The summed E-state index contributed by atoms with van der Waals surface area (Å²) in [5.74, 6) is 0. The smallest absolute Gasteiger partial charge is 0.0848 e. The van der Waals surface area contributed by atoms with Crippen molar-refractivity contribution in [3.05, 3.63) is 70.8 Å². The van der Waals surface area contributed by atoms with E-state index in [4.69, 9.17) is 9.98 Å². The Morgan fingerprint density at radius 2 is 0.909 bits per heavy atom. The molecule has 2 aromatic rings. The fraction of sp³-hybridized carbons (Fsp3) is 0.610. The molecule has 2 aromatic carbocycles. The quantitative estimate of drug-likeness (QED) is 0.0654. The molecule has 0 spiro atoms. The Morgan fingerprint density at radius 3 is 1.36 bits per heavy atom. The molecule has 0 amide bonds. The van der Waals surface area contributed by atoms with Crippen molar-refractivity contribution < 1.29 is 16.5 Å². The first kappa shape index (κ1) is 40.0. The van der Waals surface area contributed by atoms with Gasteiger partial charge in [0.1, 0.15) is 0 Å². The second-order valence-electron chi connectivity index (χ2n) is 12.3. The number of nitrogens with zero attached hydrogens (tertiary/aromatic N) is 2. The third kappa shape index (κ3) is 16.4. The first-order valence-electron chi connectivity index (χ1n) is 18.1. The summed E-state index contributed by atoms with van der Waals surface area (Å²) in [6.07, 6.45) is 28.1. The summed E-state index contributed by atoms with van der Waals surface area (Å²) in [5, 5.41) is 0. The Hall–Kier alpha value is -1.99. The van der Waals surface area contributed by atoms with E-state index in [9.17, 15) is 0 Å². The van der Waals surface area contributed by atoms with Crippen LogP contribution < -0.4 is 0 Å². The molecule has 0 atom stereocenters. The van der Waals surface area contributed by atoms with Crippen LogP contribution in [0.2, 0.25) is 0 Å². The van der Waals surface area contributed by atoms with Gasteiger partial charge in [-0.05, 0) is 104 Å². The molecule has 0 aromatic heterocycles. The molecular formula is C41H64N2Ni. The van der Waals surface area contributed by atoms with Gasteiger partial charge in [0.15, 0.2) is 0 Å². The fourth-order valence-corrected chi connectivity index (χ4v) is 5.65. The second kappa shape index (κ2) is 25.2. The monoisotopic (exact) mass is 642 g/mol. The van der Waals surface area contributed by atoms with Crippen molar-refractivity contribution >= 4 is 22.8 Å². The van der Waals surface area contributed by atoms with E-state index in [1.807, 2.05) is 0 Å². The van der Waals surface area contributed by atoms with E-state index < -0.39 is 0 Å². The van der Waals surface area contributed by atoms with Gasteiger partial charge in [-0.15, -0.1) is 0 Å². The average Bonchev–Trinajstić information content (AvgIpc) is 3.03. The van der Waals surface area contributed by atoms with Crippen molar-refractivity contribution in [2.75, 3.05) is 0 Å². The number of benzene rings is 2. The molecule has 0 aliphatic carbocycles. The summed E-state index contributed by atoms with van der Waals surface area (Å²) in [5.41, 5.74) is 9.76. The number of aryl methyl sites for hydroxylation is 4. The molecule has 0 saturated carbocycles. The topological polar surface area (TPSA) is 24.7 Å². The third-order valence-corrected chi connectivity index (χ3v) is 8.53. The molecule has 0 aliphatic heterocycles. The molecule has 0 saturated heterocycles. The summed E-state index contributed by atoms with van der Waals surface area (Å²) in [6.45, 7) is 13.5. The van der Waals surface area contributed by atoms with Crippen LogP contribution in [-0.4, -0.2) is 11.4 Å². The maximum absolute atomic E-state index is 5.34. The molecule has 2 nitrogen and oxygen atoms in total. The van der Waals surface area contributed by atoms with Crippen LogP contribution in [0.5, 0.6) is 0 Å². The van der Waals surface area contributed by atoms with Crippen LogP contribution in [-0.2, 0) is 42.2 Å². The van der Waals surface area contributed by atoms with Gasteiger partial charge in [0.2, 0.25) is 0 Å². The van der Waals surface area contributed by atoms with Crippen LogP contribution in [0.15, 0.2) is 58.5 Å². The zero-order chi connectivity index (χ0) is 31.1. The second-order valence-corrected chi connectivity index (χ2v) is 12.3. The minimum Gasteiger partial charge on any atom is -0.251 e. The molecule has 0 bridgehead atoms. The van der Waals surface area contributed by atoms with Crippen LogP contribution in [0.3, 0.4) is 0 Å². The zero-order valence-electron chi connectivity index (χ0n) is 29.3. The standard InChI is InChI=1S/C41H64N2.Ni/c1-7-13-15-16-17-18-19-20-21-22-23-25-27-41(43-39-32-36(11-5)29-37(12-6)33-39)40(26-24-14-8-2)42-38-30-34(9-3)28-35(10-4)31-38;/h25,27-33H,7-24,26H2,1-6H3;/b27-25+,42-40?,43-41?;. The first-order valence-corrected chi connectivity index (χ1v) is 18.1. The Kier molecular flexibility index (Phi) is 23.0. The summed E-state index contributed by atoms with van der Waals surface area (Å²) < 4.78 is 0. The molecule has 0 N–H and O–H groups in total. The van der Waals surface area contributed by atoms with Crippen LogP contribution >= 0.6 is 0 Å². The maximum Gasteiger partial charge on any atom is 0.0848 e. The predicted molar refractivity (Wildman–Crippen MR) is 194 cm³/mol. The summed E-state index contributed by atoms with van der Waals surface area (Å²) in [4.78, 5) is 10.7. The molecule has 2 rings (SSSR count). The van der Waals surface area contributed by atoms with E-state index in [0.717, 1.165) is 67.7 Å². The van der Waals surface area contributed by atoms with Gasteiger partial charge in [-0.25, -0.2) is 4.99 Å². The third-order valence-electron chi connectivity index (χ3n) is 8.53. The van der Waals surface area contributed by atoms with Crippen LogP contribution in [0.1, 0.15) is 160 Å². The Morgan fingerprint density at radius 1 is 0.500 bits per heavy atom. The van der Waals surface area contributed by atoms with Crippen LogP contribution in [0.25, 0.3) is 0 Å². The van der Waals surface area contributed by atoms with Crippen molar-refractivity contribution in [1.29, 1.82) is 0 Å². The van der Waals surface area contributed by atoms with E-state index in [0.29, 0.717) is 0 Å². The molecule has 248 valence electrons. The zero-order valence-corrected chi connectivity index (χ0v) is 30.3. The molecular weight excluding hydrogens is 579 g/mol. The van der Waals surface area contributed by atoms with Gasteiger partial charge in [-0.2, -0.15) is 0 Å². The molecule has 44 heavy (non-hydrogen) atoms. The van der Waals surface area contributed by atoms with E-state index in [-0.39, 0.29) is 16.5 Å². The number of aliphatic imine (C=N–C) groups is 2. The number of hydrogen-bond donors (Lipinski definition) is 0. The SMILES string of the molecule is CCCCCCCCCCCC/C=C/C(=Nc1cc(CC)cc(CC)c1)C(CCCCC)=Nc1cc(CC)cc(CC)c1.[Ni]. The van der Waals surface area contributed by atoms with Crippen molar-refractivity contribution in [1.82, 2.24) is 0 Å². The molecule has 3 heteroatoms. The Labute approximate surface area is 282 Å². The van der Waals surface area contributed by atoms with Gasteiger partial charge in [-0.3, -0.25) is 4.99 Å². The first-order chi connectivity index (χ1) is 21.1. The van der Waals surface area contributed by atoms with Crippen molar-refractivity contribution in [2.45, 2.75) is 164 Å². The number of allylic oxidation sites excluding steroid dienone is 2. The van der Waals surface area contributed by atoms with Gasteiger partial charge >= 0.3 is 0 Å². The normalized spacial score (nSPS) is 12.2. The molecule has 0 aliphatic rings. The van der Waals surface area contributed by atoms with Gasteiger partial charge in [0.05, 0.1) is 22.8 Å².